The molecule has 5 heteroatoms. The fourth-order valence-corrected chi connectivity index (χ4v) is 3.78. The minimum Gasteiger partial charge on any atom is -0.388 e. The van der Waals surface area contributed by atoms with E-state index < -0.39 is 5.60 Å². The molecule has 0 unspecified atom stereocenters. The molecule has 0 aromatic rings. The molecule has 0 bridgehead atoms. The standard InChI is InChI=1S/C19H34N2O3/c1-18(2,3)17(23)21-12-8-15(9-13-21)16(22)20-14-19(24)10-6-4-5-7-11-19/h15,24H,4-14H2,1-3H3,(H,20,22). The third kappa shape index (κ3) is 5.20. The van der Waals surface area contributed by atoms with Crippen LogP contribution in [0, 0.1) is 11.3 Å². The summed E-state index contributed by atoms with van der Waals surface area (Å²) in [7, 11) is 0. The molecule has 1 aliphatic carbocycles. The van der Waals surface area contributed by atoms with Crippen LogP contribution in [-0.2, 0) is 9.59 Å². The van der Waals surface area contributed by atoms with E-state index >= 15 is 0 Å². The third-order valence-electron chi connectivity index (χ3n) is 5.42. The second-order valence-corrected chi connectivity index (χ2v) is 8.67. The molecule has 5 nitrogen and oxygen atoms in total. The first-order chi connectivity index (χ1) is 11.2. The predicted octanol–water partition coefficient (Wildman–Crippen LogP) is 2.47. The summed E-state index contributed by atoms with van der Waals surface area (Å²) in [4.78, 5) is 26.6. The monoisotopic (exact) mass is 338 g/mol. The van der Waals surface area contributed by atoms with E-state index in [1.807, 2.05) is 25.7 Å². The lowest BCUT2D eigenvalue weighted by Crippen LogP contribution is -2.49. The number of rotatable bonds is 3. The lowest BCUT2D eigenvalue weighted by atomic mass is 9.90. The zero-order chi connectivity index (χ0) is 17.8. The summed E-state index contributed by atoms with van der Waals surface area (Å²) in [6.45, 7) is 7.47. The maximum Gasteiger partial charge on any atom is 0.227 e. The van der Waals surface area contributed by atoms with Gasteiger partial charge in [-0.2, -0.15) is 0 Å². The van der Waals surface area contributed by atoms with Crippen molar-refractivity contribution < 1.29 is 14.7 Å². The third-order valence-corrected chi connectivity index (χ3v) is 5.42. The molecule has 0 aromatic heterocycles. The van der Waals surface area contributed by atoms with Gasteiger partial charge in [-0.25, -0.2) is 0 Å². The molecular formula is C19H34N2O3. The van der Waals surface area contributed by atoms with E-state index in [4.69, 9.17) is 0 Å². The highest BCUT2D eigenvalue weighted by Gasteiger charge is 2.34. The van der Waals surface area contributed by atoms with Gasteiger partial charge in [0.2, 0.25) is 11.8 Å². The van der Waals surface area contributed by atoms with Gasteiger partial charge < -0.3 is 15.3 Å². The van der Waals surface area contributed by atoms with Crippen LogP contribution in [0.15, 0.2) is 0 Å². The minimum absolute atomic E-state index is 0.0375. The van der Waals surface area contributed by atoms with Gasteiger partial charge in [-0.1, -0.05) is 46.5 Å². The molecule has 1 heterocycles. The van der Waals surface area contributed by atoms with Crippen molar-refractivity contribution in [3.63, 3.8) is 0 Å². The number of nitrogens with one attached hydrogen (secondary N) is 1. The van der Waals surface area contributed by atoms with E-state index in [2.05, 4.69) is 5.32 Å². The second-order valence-electron chi connectivity index (χ2n) is 8.67. The summed E-state index contributed by atoms with van der Waals surface area (Å²) in [5.74, 6) is 0.160. The molecule has 2 aliphatic rings. The number of nitrogens with zero attached hydrogens (tertiary/aromatic N) is 1. The Balaban J connectivity index is 1.77. The Hall–Kier alpha value is -1.10. The number of hydrogen-bond acceptors (Lipinski definition) is 3. The Morgan fingerprint density at radius 3 is 2.12 bits per heavy atom. The molecule has 0 spiro atoms. The largest absolute Gasteiger partial charge is 0.388 e. The first kappa shape index (κ1) is 19.2. The van der Waals surface area contributed by atoms with Crippen LogP contribution in [0.5, 0.6) is 0 Å². The molecule has 138 valence electrons. The Bertz CT molecular complexity index is 440. The molecule has 2 rings (SSSR count). The molecule has 0 atom stereocenters. The normalized spacial score (nSPS) is 22.8. The van der Waals surface area contributed by atoms with E-state index in [1.54, 1.807) is 0 Å². The van der Waals surface area contributed by atoms with Crippen LogP contribution < -0.4 is 5.32 Å². The first-order valence-corrected chi connectivity index (χ1v) is 9.51. The summed E-state index contributed by atoms with van der Waals surface area (Å²) >= 11 is 0. The van der Waals surface area contributed by atoms with Crippen molar-refractivity contribution >= 4 is 11.8 Å². The van der Waals surface area contributed by atoms with Crippen LogP contribution in [0.2, 0.25) is 0 Å². The molecule has 24 heavy (non-hydrogen) atoms. The predicted molar refractivity (Wildman–Crippen MR) is 94.4 cm³/mol. The summed E-state index contributed by atoms with van der Waals surface area (Å²) in [5.41, 5.74) is -1.09. The topological polar surface area (TPSA) is 69.6 Å². The second kappa shape index (κ2) is 7.85. The van der Waals surface area contributed by atoms with Gasteiger partial charge in [0.05, 0.1) is 5.60 Å². The van der Waals surface area contributed by atoms with Crippen LogP contribution in [0.3, 0.4) is 0 Å². The van der Waals surface area contributed by atoms with Crippen molar-refractivity contribution in [2.45, 2.75) is 77.7 Å². The molecule has 2 N–H and O–H groups in total. The van der Waals surface area contributed by atoms with E-state index in [-0.39, 0.29) is 23.1 Å². The zero-order valence-corrected chi connectivity index (χ0v) is 15.6. The lowest BCUT2D eigenvalue weighted by Gasteiger charge is -2.35. The Morgan fingerprint density at radius 1 is 1.08 bits per heavy atom. The van der Waals surface area contributed by atoms with Crippen molar-refractivity contribution in [1.29, 1.82) is 0 Å². The quantitative estimate of drug-likeness (QED) is 0.777. The zero-order valence-electron chi connectivity index (χ0n) is 15.6. The highest BCUT2D eigenvalue weighted by molar-refractivity contribution is 5.82. The SMILES string of the molecule is CC(C)(C)C(=O)N1CCC(C(=O)NCC2(O)CCCCCC2)CC1. The van der Waals surface area contributed by atoms with Crippen molar-refractivity contribution in [2.24, 2.45) is 11.3 Å². The summed E-state index contributed by atoms with van der Waals surface area (Å²) in [6, 6.07) is 0. The Kier molecular flexibility index (Phi) is 6.29. The number of hydrogen-bond donors (Lipinski definition) is 2. The average molecular weight is 338 g/mol. The fraction of sp³-hybridized carbons (Fsp3) is 0.895. The van der Waals surface area contributed by atoms with E-state index in [9.17, 15) is 14.7 Å². The molecule has 0 aromatic carbocycles. The number of aliphatic hydroxyl groups is 1. The van der Waals surface area contributed by atoms with Crippen LogP contribution in [0.25, 0.3) is 0 Å². The minimum atomic E-state index is -0.727. The van der Waals surface area contributed by atoms with Gasteiger partial charge in [0.25, 0.3) is 0 Å². The van der Waals surface area contributed by atoms with Crippen molar-refractivity contribution in [2.75, 3.05) is 19.6 Å². The molecule has 1 aliphatic heterocycles. The van der Waals surface area contributed by atoms with Gasteiger partial charge in [-0.15, -0.1) is 0 Å². The summed E-state index contributed by atoms with van der Waals surface area (Å²) in [5, 5.41) is 13.6. The summed E-state index contributed by atoms with van der Waals surface area (Å²) < 4.78 is 0. The van der Waals surface area contributed by atoms with Gasteiger partial charge in [-0.05, 0) is 25.7 Å². The van der Waals surface area contributed by atoms with Gasteiger partial charge in [0.1, 0.15) is 0 Å². The van der Waals surface area contributed by atoms with Gasteiger partial charge in [0, 0.05) is 31.0 Å². The fourth-order valence-electron chi connectivity index (χ4n) is 3.78. The number of carbonyl (C=O) groups excluding carboxylic acids is 2. The van der Waals surface area contributed by atoms with E-state index in [0.29, 0.717) is 32.5 Å². The van der Waals surface area contributed by atoms with Crippen LogP contribution >= 0.6 is 0 Å². The van der Waals surface area contributed by atoms with E-state index in [1.165, 1.54) is 12.8 Å². The van der Waals surface area contributed by atoms with Crippen molar-refractivity contribution in [1.82, 2.24) is 10.2 Å². The lowest BCUT2D eigenvalue weighted by molar-refractivity contribution is -0.142. The van der Waals surface area contributed by atoms with Gasteiger partial charge in [-0.3, -0.25) is 9.59 Å². The highest BCUT2D eigenvalue weighted by atomic mass is 16.3. The van der Waals surface area contributed by atoms with Crippen LogP contribution in [0.4, 0.5) is 0 Å². The Labute approximate surface area is 146 Å². The average Bonchev–Trinajstić information content (AvgIpc) is 2.76. The van der Waals surface area contributed by atoms with Crippen molar-refractivity contribution in [3.05, 3.63) is 0 Å². The molecule has 0 radical (unpaired) electrons. The number of piperidine rings is 1. The van der Waals surface area contributed by atoms with Gasteiger partial charge >= 0.3 is 0 Å². The molecular weight excluding hydrogens is 304 g/mol. The smallest absolute Gasteiger partial charge is 0.227 e. The Morgan fingerprint density at radius 2 is 1.62 bits per heavy atom. The molecule has 2 amide bonds. The first-order valence-electron chi connectivity index (χ1n) is 9.51. The van der Waals surface area contributed by atoms with E-state index in [0.717, 1.165) is 25.7 Å². The number of carbonyl (C=O) groups is 2. The number of amides is 2. The van der Waals surface area contributed by atoms with Crippen LogP contribution in [0.1, 0.15) is 72.1 Å². The maximum atomic E-state index is 12.4. The number of likely N-dealkylation sites (tertiary alicyclic amines) is 1. The molecule has 1 saturated heterocycles. The van der Waals surface area contributed by atoms with Gasteiger partial charge in [0.15, 0.2) is 0 Å². The summed E-state index contributed by atoms with van der Waals surface area (Å²) in [6.07, 6.45) is 7.43. The maximum absolute atomic E-state index is 12.4. The molecule has 2 fully saturated rings. The van der Waals surface area contributed by atoms with Crippen LogP contribution in [-0.4, -0.2) is 47.1 Å². The molecule has 1 saturated carbocycles. The highest BCUT2D eigenvalue weighted by Crippen LogP contribution is 2.27. The van der Waals surface area contributed by atoms with Crippen molar-refractivity contribution in [3.8, 4) is 0 Å².